The molecule has 1 aromatic rings. The predicted octanol–water partition coefficient (Wildman–Crippen LogP) is 3.37. The summed E-state index contributed by atoms with van der Waals surface area (Å²) >= 11 is 0. The first-order valence-electron chi connectivity index (χ1n) is 6.72. The van der Waals surface area contributed by atoms with Gasteiger partial charge in [-0.1, -0.05) is 26.0 Å². The summed E-state index contributed by atoms with van der Waals surface area (Å²) in [5.41, 5.74) is 0.0391. The Morgan fingerprint density at radius 2 is 1.79 bits per heavy atom. The summed E-state index contributed by atoms with van der Waals surface area (Å²) in [6, 6.07) is 3.90. The zero-order valence-electron chi connectivity index (χ0n) is 11.9. The molecule has 1 N–H and O–H groups in total. The molecule has 19 heavy (non-hydrogen) atoms. The first-order chi connectivity index (χ1) is 8.91. The van der Waals surface area contributed by atoms with Gasteiger partial charge in [-0.3, -0.25) is 0 Å². The standard InChI is InChI=1S/C15H23F2NO/c1-11(2)7-9-18(3)10-8-14(19)12-5-4-6-13(16)15(12)17/h4-6,11,14,19H,7-10H2,1-3H3. The van der Waals surface area contributed by atoms with E-state index < -0.39 is 17.7 Å². The van der Waals surface area contributed by atoms with E-state index in [1.165, 1.54) is 12.1 Å². The van der Waals surface area contributed by atoms with Crippen molar-refractivity contribution >= 4 is 0 Å². The molecule has 1 aromatic carbocycles. The summed E-state index contributed by atoms with van der Waals surface area (Å²) in [6.07, 6.45) is 0.521. The van der Waals surface area contributed by atoms with Crippen molar-refractivity contribution in [3.05, 3.63) is 35.4 Å². The Balaban J connectivity index is 2.47. The van der Waals surface area contributed by atoms with Gasteiger partial charge in [-0.25, -0.2) is 8.78 Å². The lowest BCUT2D eigenvalue weighted by Crippen LogP contribution is -2.23. The smallest absolute Gasteiger partial charge is 0.164 e. The fourth-order valence-electron chi connectivity index (χ4n) is 1.87. The Labute approximate surface area is 114 Å². The van der Waals surface area contributed by atoms with Gasteiger partial charge in [0.15, 0.2) is 11.6 Å². The lowest BCUT2D eigenvalue weighted by molar-refractivity contribution is 0.143. The maximum absolute atomic E-state index is 13.5. The third kappa shape index (κ3) is 5.25. The van der Waals surface area contributed by atoms with Gasteiger partial charge in [0.25, 0.3) is 0 Å². The van der Waals surface area contributed by atoms with E-state index in [-0.39, 0.29) is 5.56 Å². The van der Waals surface area contributed by atoms with Crippen molar-refractivity contribution in [2.45, 2.75) is 32.8 Å². The van der Waals surface area contributed by atoms with Crippen molar-refractivity contribution < 1.29 is 13.9 Å². The molecule has 0 heterocycles. The molecule has 0 bridgehead atoms. The minimum absolute atomic E-state index is 0.0391. The second kappa shape index (κ2) is 7.56. The topological polar surface area (TPSA) is 23.5 Å². The minimum Gasteiger partial charge on any atom is -0.388 e. The Morgan fingerprint density at radius 1 is 1.16 bits per heavy atom. The van der Waals surface area contributed by atoms with Crippen LogP contribution in [0.3, 0.4) is 0 Å². The first kappa shape index (κ1) is 16.1. The Morgan fingerprint density at radius 3 is 2.42 bits per heavy atom. The van der Waals surface area contributed by atoms with E-state index in [0.29, 0.717) is 18.9 Å². The van der Waals surface area contributed by atoms with Gasteiger partial charge in [0, 0.05) is 12.1 Å². The van der Waals surface area contributed by atoms with E-state index in [9.17, 15) is 13.9 Å². The molecule has 0 aromatic heterocycles. The van der Waals surface area contributed by atoms with E-state index in [2.05, 4.69) is 18.7 Å². The van der Waals surface area contributed by atoms with Crippen LogP contribution < -0.4 is 0 Å². The lowest BCUT2D eigenvalue weighted by Gasteiger charge is -2.20. The van der Waals surface area contributed by atoms with Crippen molar-refractivity contribution in [2.24, 2.45) is 5.92 Å². The summed E-state index contributed by atoms with van der Waals surface area (Å²) in [4.78, 5) is 2.10. The molecular weight excluding hydrogens is 248 g/mol. The van der Waals surface area contributed by atoms with Crippen LogP contribution >= 0.6 is 0 Å². The molecule has 0 fully saturated rings. The molecule has 0 saturated carbocycles. The summed E-state index contributed by atoms with van der Waals surface area (Å²) in [5, 5.41) is 9.92. The Hall–Kier alpha value is -1.00. The maximum Gasteiger partial charge on any atom is 0.164 e. The average molecular weight is 271 g/mol. The summed E-state index contributed by atoms with van der Waals surface area (Å²) < 4.78 is 26.5. The molecule has 0 saturated heterocycles. The third-order valence-corrected chi connectivity index (χ3v) is 3.21. The fourth-order valence-corrected chi connectivity index (χ4v) is 1.87. The number of aliphatic hydroxyl groups excluding tert-OH is 1. The van der Waals surface area contributed by atoms with Crippen LogP contribution in [-0.2, 0) is 0 Å². The van der Waals surface area contributed by atoms with Gasteiger partial charge in [0.2, 0.25) is 0 Å². The molecule has 0 aliphatic heterocycles. The molecule has 0 aliphatic carbocycles. The van der Waals surface area contributed by atoms with Crippen LogP contribution in [0.5, 0.6) is 0 Å². The number of hydrogen-bond acceptors (Lipinski definition) is 2. The highest BCUT2D eigenvalue weighted by Crippen LogP contribution is 2.22. The van der Waals surface area contributed by atoms with Gasteiger partial charge in [-0.05, 0) is 38.4 Å². The van der Waals surface area contributed by atoms with Crippen molar-refractivity contribution in [2.75, 3.05) is 20.1 Å². The third-order valence-electron chi connectivity index (χ3n) is 3.21. The van der Waals surface area contributed by atoms with Gasteiger partial charge in [-0.2, -0.15) is 0 Å². The summed E-state index contributed by atoms with van der Waals surface area (Å²) in [6.45, 7) is 5.91. The maximum atomic E-state index is 13.5. The van der Waals surface area contributed by atoms with Crippen LogP contribution in [0.25, 0.3) is 0 Å². The quantitative estimate of drug-likeness (QED) is 0.822. The fraction of sp³-hybridized carbons (Fsp3) is 0.600. The summed E-state index contributed by atoms with van der Waals surface area (Å²) in [7, 11) is 1.97. The van der Waals surface area contributed by atoms with Gasteiger partial charge in [-0.15, -0.1) is 0 Å². The average Bonchev–Trinajstić information content (AvgIpc) is 2.36. The van der Waals surface area contributed by atoms with Gasteiger partial charge in [0.1, 0.15) is 0 Å². The van der Waals surface area contributed by atoms with Crippen molar-refractivity contribution in [3.8, 4) is 0 Å². The number of nitrogens with zero attached hydrogens (tertiary/aromatic N) is 1. The van der Waals surface area contributed by atoms with Crippen LogP contribution in [0.2, 0.25) is 0 Å². The van der Waals surface area contributed by atoms with Crippen molar-refractivity contribution in [3.63, 3.8) is 0 Å². The monoisotopic (exact) mass is 271 g/mol. The SMILES string of the molecule is CC(C)CCN(C)CCC(O)c1cccc(F)c1F. The highest BCUT2D eigenvalue weighted by atomic mass is 19.2. The number of benzene rings is 1. The number of hydrogen-bond donors (Lipinski definition) is 1. The van der Waals surface area contributed by atoms with E-state index >= 15 is 0 Å². The normalized spacial score (nSPS) is 13.3. The predicted molar refractivity (Wildman–Crippen MR) is 72.9 cm³/mol. The number of aliphatic hydroxyl groups is 1. The molecule has 1 unspecified atom stereocenters. The van der Waals surface area contributed by atoms with Crippen molar-refractivity contribution in [1.29, 1.82) is 0 Å². The van der Waals surface area contributed by atoms with E-state index in [1.807, 2.05) is 7.05 Å². The second-order valence-corrected chi connectivity index (χ2v) is 5.43. The van der Waals surface area contributed by atoms with Crippen LogP contribution in [0.15, 0.2) is 18.2 Å². The van der Waals surface area contributed by atoms with E-state index in [0.717, 1.165) is 19.0 Å². The van der Waals surface area contributed by atoms with E-state index in [4.69, 9.17) is 0 Å². The zero-order chi connectivity index (χ0) is 14.4. The molecule has 108 valence electrons. The van der Waals surface area contributed by atoms with Crippen LogP contribution in [0, 0.1) is 17.6 Å². The molecule has 0 aliphatic rings. The lowest BCUT2D eigenvalue weighted by atomic mass is 10.1. The molecule has 0 spiro atoms. The van der Waals surface area contributed by atoms with Crippen LogP contribution in [-0.4, -0.2) is 30.1 Å². The van der Waals surface area contributed by atoms with Crippen LogP contribution in [0.4, 0.5) is 8.78 Å². The largest absolute Gasteiger partial charge is 0.388 e. The molecule has 0 amide bonds. The van der Waals surface area contributed by atoms with Gasteiger partial charge in [0.05, 0.1) is 6.10 Å². The molecule has 1 atom stereocenters. The number of halogens is 2. The highest BCUT2D eigenvalue weighted by molar-refractivity contribution is 5.21. The minimum atomic E-state index is -0.961. The highest BCUT2D eigenvalue weighted by Gasteiger charge is 2.16. The first-order valence-corrected chi connectivity index (χ1v) is 6.72. The molecule has 4 heteroatoms. The molecule has 1 rings (SSSR count). The van der Waals surface area contributed by atoms with E-state index in [1.54, 1.807) is 0 Å². The van der Waals surface area contributed by atoms with Gasteiger partial charge >= 0.3 is 0 Å². The summed E-state index contributed by atoms with van der Waals surface area (Å²) in [5.74, 6) is -1.22. The van der Waals surface area contributed by atoms with Crippen LogP contribution in [0.1, 0.15) is 38.4 Å². The Kier molecular flexibility index (Phi) is 6.38. The van der Waals surface area contributed by atoms with Crippen molar-refractivity contribution in [1.82, 2.24) is 4.90 Å². The zero-order valence-corrected chi connectivity index (χ0v) is 11.9. The Bertz CT molecular complexity index is 396. The molecule has 2 nitrogen and oxygen atoms in total. The second-order valence-electron chi connectivity index (χ2n) is 5.43. The number of rotatable bonds is 7. The van der Waals surface area contributed by atoms with Gasteiger partial charge < -0.3 is 10.0 Å². The molecular formula is C15H23F2NO. The molecule has 0 radical (unpaired) electrons.